The molecule has 4 aromatic carbocycles. The number of aromatic nitrogens is 1. The molecule has 37 heavy (non-hydrogen) atoms. The minimum atomic E-state index is -0.463. The van der Waals surface area contributed by atoms with Crippen molar-refractivity contribution in [2.24, 2.45) is 5.10 Å². The Hall–Kier alpha value is -4.97. The van der Waals surface area contributed by atoms with E-state index in [1.165, 1.54) is 6.21 Å². The molecule has 1 aromatic heterocycles. The first-order valence-corrected chi connectivity index (χ1v) is 11.9. The Bertz CT molecular complexity index is 1630. The number of aryl methyl sites for hydroxylation is 2. The Balaban J connectivity index is 1.40. The van der Waals surface area contributed by atoms with Crippen LogP contribution in [0.2, 0.25) is 0 Å². The monoisotopic (exact) mass is 487 g/mol. The largest absolute Gasteiger partial charge is 0.422 e. The number of nitrogens with one attached hydrogen (secondary N) is 2. The molecule has 0 atom stereocenters. The van der Waals surface area contributed by atoms with Gasteiger partial charge in [-0.25, -0.2) is 10.2 Å². The smallest absolute Gasteiger partial charge is 0.343 e. The van der Waals surface area contributed by atoms with Crippen molar-refractivity contribution in [3.63, 3.8) is 0 Å². The molecule has 0 saturated heterocycles. The van der Waals surface area contributed by atoms with E-state index in [9.17, 15) is 9.59 Å². The Kier molecular flexibility index (Phi) is 6.64. The number of amides is 1. The van der Waals surface area contributed by atoms with Crippen molar-refractivity contribution in [2.45, 2.75) is 13.8 Å². The predicted molar refractivity (Wildman–Crippen MR) is 146 cm³/mol. The van der Waals surface area contributed by atoms with Crippen LogP contribution in [0, 0.1) is 13.8 Å². The van der Waals surface area contributed by atoms with Gasteiger partial charge in [0.15, 0.2) is 0 Å². The number of carbonyl (C=O) groups is 2. The van der Waals surface area contributed by atoms with Gasteiger partial charge in [0.25, 0.3) is 5.91 Å². The van der Waals surface area contributed by atoms with Crippen LogP contribution in [0.1, 0.15) is 37.5 Å². The third-order valence-corrected chi connectivity index (χ3v) is 6.08. The highest BCUT2D eigenvalue weighted by molar-refractivity contribution is 6.10. The molecule has 182 valence electrons. The number of fused-ring (bicyclic) bond motifs is 1. The van der Waals surface area contributed by atoms with Crippen LogP contribution < -0.4 is 10.2 Å². The fourth-order valence-corrected chi connectivity index (χ4v) is 4.27. The van der Waals surface area contributed by atoms with Crippen LogP contribution in [-0.4, -0.2) is 23.1 Å². The summed E-state index contributed by atoms with van der Waals surface area (Å²) in [4.78, 5) is 29.2. The number of H-pyrrole nitrogens is 1. The van der Waals surface area contributed by atoms with Crippen LogP contribution >= 0.6 is 0 Å². The molecule has 5 rings (SSSR count). The SMILES string of the molecule is Cc1cccc(C(=O)Oc2ccccc2C=NNC(=O)c2[nH]c3c(C)cccc3c2-c2ccccc2)c1. The van der Waals surface area contributed by atoms with Gasteiger partial charge in [0.1, 0.15) is 11.4 Å². The summed E-state index contributed by atoms with van der Waals surface area (Å²) in [7, 11) is 0. The second kappa shape index (κ2) is 10.3. The lowest BCUT2D eigenvalue weighted by molar-refractivity contribution is 0.0734. The predicted octanol–water partition coefficient (Wildman–Crippen LogP) is 6.43. The molecule has 0 spiro atoms. The van der Waals surface area contributed by atoms with Crippen LogP contribution in [0.15, 0.2) is 102 Å². The number of rotatable bonds is 6. The molecule has 5 aromatic rings. The highest BCUT2D eigenvalue weighted by atomic mass is 16.5. The number of hydrogen-bond donors (Lipinski definition) is 2. The maximum Gasteiger partial charge on any atom is 0.343 e. The van der Waals surface area contributed by atoms with Gasteiger partial charge in [-0.3, -0.25) is 4.79 Å². The standard InChI is InChI=1S/C31H25N3O3/c1-20-10-8-15-23(18-20)31(36)37-26-17-7-6-14-24(26)19-32-34-30(35)29-27(22-12-4-3-5-13-22)25-16-9-11-21(2)28(25)33-29/h3-19,33H,1-2H3,(H,34,35). The fraction of sp³-hybridized carbons (Fsp3) is 0.0645. The van der Waals surface area contributed by atoms with Gasteiger partial charge in [-0.15, -0.1) is 0 Å². The molecule has 0 radical (unpaired) electrons. The second-order valence-corrected chi connectivity index (χ2v) is 8.73. The molecule has 0 bridgehead atoms. The average molecular weight is 488 g/mol. The Labute approximate surface area is 214 Å². The molecule has 6 heteroatoms. The van der Waals surface area contributed by atoms with Crippen molar-refractivity contribution in [1.82, 2.24) is 10.4 Å². The van der Waals surface area contributed by atoms with Gasteiger partial charge >= 0.3 is 5.97 Å². The molecule has 0 aliphatic carbocycles. The summed E-state index contributed by atoms with van der Waals surface area (Å²) in [5, 5.41) is 5.13. The van der Waals surface area contributed by atoms with Crippen LogP contribution in [-0.2, 0) is 0 Å². The molecular weight excluding hydrogens is 462 g/mol. The van der Waals surface area contributed by atoms with Crippen molar-refractivity contribution in [2.75, 3.05) is 0 Å². The summed E-state index contributed by atoms with van der Waals surface area (Å²) in [6.07, 6.45) is 1.47. The molecule has 0 saturated carbocycles. The van der Waals surface area contributed by atoms with Gasteiger partial charge in [0, 0.05) is 22.0 Å². The fourth-order valence-electron chi connectivity index (χ4n) is 4.27. The molecule has 2 N–H and O–H groups in total. The van der Waals surface area contributed by atoms with E-state index in [1.807, 2.05) is 74.5 Å². The number of esters is 1. The second-order valence-electron chi connectivity index (χ2n) is 8.73. The van der Waals surface area contributed by atoms with Gasteiger partial charge in [-0.05, 0) is 49.2 Å². The van der Waals surface area contributed by atoms with E-state index in [2.05, 4.69) is 15.5 Å². The lowest BCUT2D eigenvalue weighted by Gasteiger charge is -2.08. The quantitative estimate of drug-likeness (QED) is 0.125. The number of ether oxygens (including phenoxy) is 1. The van der Waals surface area contributed by atoms with Crippen LogP contribution in [0.25, 0.3) is 22.0 Å². The van der Waals surface area contributed by atoms with E-state index < -0.39 is 5.97 Å². The molecule has 0 aliphatic rings. The highest BCUT2D eigenvalue weighted by Gasteiger charge is 2.20. The molecule has 6 nitrogen and oxygen atoms in total. The lowest BCUT2D eigenvalue weighted by atomic mass is 10.0. The van der Waals surface area contributed by atoms with E-state index in [0.717, 1.165) is 33.2 Å². The van der Waals surface area contributed by atoms with Crippen molar-refractivity contribution in [1.29, 1.82) is 0 Å². The third kappa shape index (κ3) is 5.04. The zero-order chi connectivity index (χ0) is 25.8. The summed E-state index contributed by atoms with van der Waals surface area (Å²) in [6.45, 7) is 3.92. The van der Waals surface area contributed by atoms with E-state index in [1.54, 1.807) is 36.4 Å². The Morgan fingerprint density at radius 3 is 2.43 bits per heavy atom. The number of hydrogen-bond acceptors (Lipinski definition) is 4. The lowest BCUT2D eigenvalue weighted by Crippen LogP contribution is -2.19. The van der Waals surface area contributed by atoms with Gasteiger partial charge in [0.05, 0.1) is 11.8 Å². The van der Waals surface area contributed by atoms with Gasteiger partial charge in [0.2, 0.25) is 0 Å². The maximum absolute atomic E-state index is 13.2. The third-order valence-electron chi connectivity index (χ3n) is 6.08. The van der Waals surface area contributed by atoms with Gasteiger partial charge < -0.3 is 9.72 Å². The minimum Gasteiger partial charge on any atom is -0.422 e. The number of nitrogens with zero attached hydrogens (tertiary/aromatic N) is 1. The van der Waals surface area contributed by atoms with Gasteiger partial charge in [-0.2, -0.15) is 5.10 Å². The van der Waals surface area contributed by atoms with Gasteiger partial charge in [-0.1, -0.05) is 78.4 Å². The topological polar surface area (TPSA) is 83.5 Å². The van der Waals surface area contributed by atoms with E-state index >= 15 is 0 Å². The van der Waals surface area contributed by atoms with Crippen LogP contribution in [0.5, 0.6) is 5.75 Å². The summed E-state index contributed by atoms with van der Waals surface area (Å²) in [6, 6.07) is 30.0. The average Bonchev–Trinajstić information content (AvgIpc) is 3.31. The normalized spacial score (nSPS) is 11.1. The molecule has 0 fully saturated rings. The first kappa shape index (κ1) is 23.8. The number of aromatic amines is 1. The summed E-state index contributed by atoms with van der Waals surface area (Å²) in [5.74, 6) is -0.493. The number of hydrazone groups is 1. The summed E-state index contributed by atoms with van der Waals surface area (Å²) in [5.41, 5.74) is 8.72. The van der Waals surface area contributed by atoms with E-state index in [-0.39, 0.29) is 5.91 Å². The van der Waals surface area contributed by atoms with Crippen LogP contribution in [0.3, 0.4) is 0 Å². The molecule has 1 amide bonds. The first-order valence-electron chi connectivity index (χ1n) is 11.9. The number of carbonyl (C=O) groups excluding carboxylic acids is 2. The van der Waals surface area contributed by atoms with Crippen molar-refractivity contribution >= 4 is 29.0 Å². The number of para-hydroxylation sites is 2. The van der Waals surface area contributed by atoms with Crippen LogP contribution in [0.4, 0.5) is 0 Å². The maximum atomic E-state index is 13.2. The van der Waals surface area contributed by atoms with Crippen molar-refractivity contribution in [3.05, 3.63) is 125 Å². The highest BCUT2D eigenvalue weighted by Crippen LogP contribution is 2.33. The Morgan fingerprint density at radius 2 is 1.62 bits per heavy atom. The molecule has 0 aliphatic heterocycles. The zero-order valence-electron chi connectivity index (χ0n) is 20.5. The summed E-state index contributed by atoms with van der Waals surface area (Å²) < 4.78 is 5.61. The zero-order valence-corrected chi connectivity index (χ0v) is 20.5. The number of benzene rings is 4. The molecular formula is C31H25N3O3. The van der Waals surface area contributed by atoms with Crippen molar-refractivity contribution < 1.29 is 14.3 Å². The molecule has 1 heterocycles. The van der Waals surface area contributed by atoms with Crippen molar-refractivity contribution in [3.8, 4) is 16.9 Å². The minimum absolute atomic E-state index is 0.346. The first-order chi connectivity index (χ1) is 18.0. The van der Waals surface area contributed by atoms with E-state index in [0.29, 0.717) is 22.6 Å². The summed E-state index contributed by atoms with van der Waals surface area (Å²) >= 11 is 0. The van der Waals surface area contributed by atoms with E-state index in [4.69, 9.17) is 4.74 Å². The molecule has 0 unspecified atom stereocenters. The Morgan fingerprint density at radius 1 is 0.865 bits per heavy atom.